The molecule has 0 saturated heterocycles. The van der Waals surface area contributed by atoms with Gasteiger partial charge in [-0.2, -0.15) is 0 Å². The summed E-state index contributed by atoms with van der Waals surface area (Å²) in [7, 11) is -3.13. The van der Waals surface area contributed by atoms with Crippen LogP contribution in [0.15, 0.2) is 30.3 Å². The average Bonchev–Trinajstić information content (AvgIpc) is 2.50. The van der Waals surface area contributed by atoms with Gasteiger partial charge >= 0.3 is 8.25 Å². The van der Waals surface area contributed by atoms with E-state index in [2.05, 4.69) is 37.3 Å². The molecule has 0 heterocycles. The summed E-state index contributed by atoms with van der Waals surface area (Å²) in [6.45, 7) is 2.28. The first-order chi connectivity index (χ1) is 10.7. The second-order valence-electron chi connectivity index (χ2n) is 5.70. The van der Waals surface area contributed by atoms with Crippen LogP contribution in [0.25, 0.3) is 0 Å². The molecule has 128 valence electrons. The van der Waals surface area contributed by atoms with Crippen molar-refractivity contribution in [1.29, 1.82) is 0 Å². The van der Waals surface area contributed by atoms with Crippen molar-refractivity contribution in [2.75, 3.05) is 0 Å². The summed E-state index contributed by atoms with van der Waals surface area (Å²) in [5.41, 5.74) is 1.50. The third-order valence-corrected chi connectivity index (χ3v) is 3.66. The molecule has 3 nitrogen and oxygen atoms in total. The smallest absolute Gasteiger partial charge is 0.314 e. The highest BCUT2D eigenvalue weighted by molar-refractivity contribution is 7.30. The maximum atomic E-state index is 8.74. The number of aryl methyl sites for hydroxylation is 1. The second-order valence-corrected chi connectivity index (χ2v) is 6.27. The Morgan fingerprint density at radius 1 is 0.773 bits per heavy atom. The number of hydrogen-bond donors (Lipinski definition) is 2. The van der Waals surface area contributed by atoms with Crippen LogP contribution in [0.2, 0.25) is 0 Å². The Bertz CT molecular complexity index is 351. The molecule has 0 fully saturated rings. The van der Waals surface area contributed by atoms with Crippen molar-refractivity contribution in [2.45, 2.75) is 77.6 Å². The molecular formula is C18H33O3P. The molecule has 2 N–H and O–H groups in total. The molecule has 0 bridgehead atoms. The Labute approximate surface area is 136 Å². The average molecular weight is 328 g/mol. The Morgan fingerprint density at radius 2 is 1.18 bits per heavy atom. The molecule has 0 aromatic heterocycles. The Kier molecular flexibility index (Phi) is 16.3. The van der Waals surface area contributed by atoms with Crippen LogP contribution in [0.4, 0.5) is 0 Å². The van der Waals surface area contributed by atoms with Gasteiger partial charge < -0.3 is 9.79 Å². The number of rotatable bonds is 11. The highest BCUT2D eigenvalue weighted by atomic mass is 31.1. The summed E-state index contributed by atoms with van der Waals surface area (Å²) in [6.07, 6.45) is 15.5. The predicted molar refractivity (Wildman–Crippen MR) is 95.4 cm³/mol. The van der Waals surface area contributed by atoms with Gasteiger partial charge in [0.25, 0.3) is 0 Å². The van der Waals surface area contributed by atoms with Crippen molar-refractivity contribution in [3.05, 3.63) is 35.9 Å². The van der Waals surface area contributed by atoms with E-state index in [-0.39, 0.29) is 0 Å². The van der Waals surface area contributed by atoms with Crippen molar-refractivity contribution < 1.29 is 14.4 Å². The fraction of sp³-hybridized carbons (Fsp3) is 0.667. The lowest BCUT2D eigenvalue weighted by atomic mass is 10.0. The zero-order valence-electron chi connectivity index (χ0n) is 14.0. The molecule has 0 spiro atoms. The molecule has 1 aromatic rings. The first-order valence-electron chi connectivity index (χ1n) is 8.62. The first kappa shape index (κ1) is 21.4. The monoisotopic (exact) mass is 328 g/mol. The van der Waals surface area contributed by atoms with Gasteiger partial charge in [-0.1, -0.05) is 95.0 Å². The lowest BCUT2D eigenvalue weighted by Crippen LogP contribution is -1.86. The molecule has 4 heteroatoms. The van der Waals surface area contributed by atoms with Crippen LogP contribution < -0.4 is 0 Å². The molecule has 0 aliphatic heterocycles. The highest BCUT2D eigenvalue weighted by Gasteiger charge is 1.94. The van der Waals surface area contributed by atoms with E-state index in [0.717, 1.165) is 0 Å². The topological polar surface area (TPSA) is 57.5 Å². The van der Waals surface area contributed by atoms with Gasteiger partial charge in [0.15, 0.2) is 0 Å². The zero-order chi connectivity index (χ0) is 16.5. The molecule has 0 saturated carbocycles. The Morgan fingerprint density at radius 3 is 1.64 bits per heavy atom. The second kappa shape index (κ2) is 16.7. The lowest BCUT2D eigenvalue weighted by molar-refractivity contribution is 0.405. The maximum Gasteiger partial charge on any atom is 0.314 e. The van der Waals surface area contributed by atoms with Crippen molar-refractivity contribution in [3.63, 3.8) is 0 Å². The summed E-state index contributed by atoms with van der Waals surface area (Å²) >= 11 is 0. The molecule has 1 aromatic carbocycles. The van der Waals surface area contributed by atoms with Crippen molar-refractivity contribution in [3.8, 4) is 0 Å². The van der Waals surface area contributed by atoms with E-state index in [0.29, 0.717) is 0 Å². The van der Waals surface area contributed by atoms with E-state index >= 15 is 0 Å². The fourth-order valence-electron chi connectivity index (χ4n) is 2.46. The van der Waals surface area contributed by atoms with Gasteiger partial charge in [-0.25, -0.2) is 0 Å². The minimum Gasteiger partial charge on any atom is -0.326 e. The molecular weight excluding hydrogens is 295 g/mol. The summed E-state index contributed by atoms with van der Waals surface area (Å²) < 4.78 is 8.74. The number of unbranched alkanes of at least 4 members (excludes halogenated alkanes) is 9. The Balaban J connectivity index is 0.000000980. The third kappa shape index (κ3) is 17.4. The van der Waals surface area contributed by atoms with Crippen LogP contribution in [-0.4, -0.2) is 9.79 Å². The van der Waals surface area contributed by atoms with Crippen molar-refractivity contribution in [1.82, 2.24) is 0 Å². The number of hydrogen-bond acceptors (Lipinski definition) is 1. The SMILES string of the molecule is CCCCCCCCCCCCc1ccccc1.O=[PH](O)O. The van der Waals surface area contributed by atoms with Crippen LogP contribution >= 0.6 is 8.25 Å². The van der Waals surface area contributed by atoms with Crippen LogP contribution in [0.3, 0.4) is 0 Å². The van der Waals surface area contributed by atoms with E-state index < -0.39 is 8.25 Å². The molecule has 22 heavy (non-hydrogen) atoms. The predicted octanol–water partition coefficient (Wildman–Crippen LogP) is 5.51. The number of benzene rings is 1. The molecule has 0 unspecified atom stereocenters. The molecule has 0 aliphatic carbocycles. The highest BCUT2D eigenvalue weighted by Crippen LogP contribution is 2.12. The summed E-state index contributed by atoms with van der Waals surface area (Å²) in [6, 6.07) is 10.9. The fourth-order valence-corrected chi connectivity index (χ4v) is 2.46. The summed E-state index contributed by atoms with van der Waals surface area (Å²) in [4.78, 5) is 14.3. The van der Waals surface area contributed by atoms with E-state index in [4.69, 9.17) is 14.4 Å². The van der Waals surface area contributed by atoms with Gasteiger partial charge in [0.2, 0.25) is 0 Å². The molecule has 1 rings (SSSR count). The normalized spacial score (nSPS) is 10.4. The zero-order valence-corrected chi connectivity index (χ0v) is 15.0. The summed E-state index contributed by atoms with van der Waals surface area (Å²) in [5.74, 6) is 0. The van der Waals surface area contributed by atoms with Gasteiger partial charge in [0.05, 0.1) is 0 Å². The molecule has 0 aliphatic rings. The standard InChI is InChI=1S/C18H30.H3O3P/c1-2-3-4-5-6-7-8-9-10-12-15-18-16-13-11-14-17-18;1-4(2)3/h11,13-14,16-17H,2-10,12,15H2,1H3;4H,(H2,1,2,3). The first-order valence-corrected chi connectivity index (χ1v) is 9.93. The minimum absolute atomic E-state index is 1.26. The van der Waals surface area contributed by atoms with E-state index in [1.807, 2.05) is 0 Å². The minimum atomic E-state index is -3.13. The van der Waals surface area contributed by atoms with E-state index in [1.54, 1.807) is 0 Å². The Hall–Kier alpha value is -0.630. The third-order valence-electron chi connectivity index (χ3n) is 3.66. The molecule has 0 amide bonds. The van der Waals surface area contributed by atoms with Gasteiger partial charge in [-0.15, -0.1) is 0 Å². The molecule has 0 atom stereocenters. The van der Waals surface area contributed by atoms with Gasteiger partial charge in [-0.3, -0.25) is 4.57 Å². The molecule has 0 radical (unpaired) electrons. The maximum absolute atomic E-state index is 8.74. The van der Waals surface area contributed by atoms with Crippen molar-refractivity contribution in [2.24, 2.45) is 0 Å². The van der Waals surface area contributed by atoms with E-state index in [1.165, 1.54) is 76.2 Å². The summed E-state index contributed by atoms with van der Waals surface area (Å²) in [5, 5.41) is 0. The van der Waals surface area contributed by atoms with Crippen LogP contribution in [0.5, 0.6) is 0 Å². The van der Waals surface area contributed by atoms with Crippen molar-refractivity contribution >= 4 is 8.25 Å². The largest absolute Gasteiger partial charge is 0.326 e. The van der Waals surface area contributed by atoms with Gasteiger partial charge in [-0.05, 0) is 18.4 Å². The van der Waals surface area contributed by atoms with Crippen LogP contribution in [0, 0.1) is 0 Å². The lowest BCUT2D eigenvalue weighted by Gasteiger charge is -2.03. The quantitative estimate of drug-likeness (QED) is 0.416. The van der Waals surface area contributed by atoms with Crippen LogP contribution in [-0.2, 0) is 11.0 Å². The van der Waals surface area contributed by atoms with Crippen LogP contribution in [0.1, 0.15) is 76.7 Å². The van der Waals surface area contributed by atoms with Gasteiger partial charge in [0, 0.05) is 0 Å². The van der Waals surface area contributed by atoms with Gasteiger partial charge in [0.1, 0.15) is 0 Å². The van der Waals surface area contributed by atoms with E-state index in [9.17, 15) is 0 Å².